The maximum Gasteiger partial charge on any atom is 0.188 e. The van der Waals surface area contributed by atoms with Crippen LogP contribution in [0, 0.1) is 0 Å². The van der Waals surface area contributed by atoms with Gasteiger partial charge in [-0.25, -0.2) is 0 Å². The SMILES string of the molecule is CC(C)(C)OC(=C1CCC1)N1CCC(Nc2ccc(Br)cc2)CC1. The number of piperidine rings is 1. The van der Waals surface area contributed by atoms with E-state index >= 15 is 0 Å². The van der Waals surface area contributed by atoms with Crippen molar-refractivity contribution in [3.63, 3.8) is 0 Å². The first kappa shape index (κ1) is 17.7. The van der Waals surface area contributed by atoms with Gasteiger partial charge in [-0.1, -0.05) is 15.9 Å². The van der Waals surface area contributed by atoms with Crippen LogP contribution in [0.15, 0.2) is 40.2 Å². The molecular formula is C20H29BrN2O. The zero-order chi connectivity index (χ0) is 17.2. The molecule has 2 fully saturated rings. The van der Waals surface area contributed by atoms with E-state index in [-0.39, 0.29) is 5.60 Å². The highest BCUT2D eigenvalue weighted by atomic mass is 79.9. The number of rotatable bonds is 4. The fourth-order valence-corrected chi connectivity index (χ4v) is 3.49. The summed E-state index contributed by atoms with van der Waals surface area (Å²) in [5, 5.41) is 3.67. The summed E-state index contributed by atoms with van der Waals surface area (Å²) in [5.74, 6) is 1.18. The Morgan fingerprint density at radius 1 is 1.12 bits per heavy atom. The summed E-state index contributed by atoms with van der Waals surface area (Å²) in [6, 6.07) is 9.01. The van der Waals surface area contributed by atoms with E-state index in [1.807, 2.05) is 0 Å². The molecule has 0 unspecified atom stereocenters. The third kappa shape index (κ3) is 4.69. The van der Waals surface area contributed by atoms with Crippen molar-refractivity contribution in [2.24, 2.45) is 0 Å². The monoisotopic (exact) mass is 392 g/mol. The molecule has 4 heteroatoms. The Morgan fingerprint density at radius 2 is 1.75 bits per heavy atom. The largest absolute Gasteiger partial charge is 0.473 e. The lowest BCUT2D eigenvalue weighted by atomic mass is 9.91. The number of benzene rings is 1. The number of halogens is 1. The summed E-state index contributed by atoms with van der Waals surface area (Å²) in [6.45, 7) is 8.59. The van der Waals surface area contributed by atoms with Gasteiger partial charge in [-0.3, -0.25) is 0 Å². The van der Waals surface area contributed by atoms with Crippen molar-refractivity contribution in [3.05, 3.63) is 40.2 Å². The van der Waals surface area contributed by atoms with Gasteiger partial charge in [-0.05, 0) is 82.7 Å². The second-order valence-corrected chi connectivity index (χ2v) is 8.80. The zero-order valence-electron chi connectivity index (χ0n) is 15.1. The lowest BCUT2D eigenvalue weighted by Gasteiger charge is -2.40. The Kier molecular flexibility index (Phi) is 5.43. The maximum absolute atomic E-state index is 6.33. The molecule has 0 aromatic heterocycles. The summed E-state index contributed by atoms with van der Waals surface area (Å²) < 4.78 is 7.45. The number of nitrogens with zero attached hydrogens (tertiary/aromatic N) is 1. The number of likely N-dealkylation sites (tertiary alicyclic amines) is 1. The topological polar surface area (TPSA) is 24.5 Å². The van der Waals surface area contributed by atoms with Crippen molar-refractivity contribution in [3.8, 4) is 0 Å². The second-order valence-electron chi connectivity index (χ2n) is 7.89. The molecule has 1 aliphatic carbocycles. The van der Waals surface area contributed by atoms with Crippen LogP contribution in [-0.2, 0) is 4.74 Å². The molecule has 1 saturated heterocycles. The first-order chi connectivity index (χ1) is 11.4. The smallest absolute Gasteiger partial charge is 0.188 e. The van der Waals surface area contributed by atoms with Crippen molar-refractivity contribution >= 4 is 21.6 Å². The highest BCUT2D eigenvalue weighted by Gasteiger charge is 2.28. The van der Waals surface area contributed by atoms with Gasteiger partial charge in [-0.15, -0.1) is 0 Å². The van der Waals surface area contributed by atoms with Crippen molar-refractivity contribution in [2.45, 2.75) is 64.5 Å². The predicted molar refractivity (Wildman–Crippen MR) is 104 cm³/mol. The molecule has 1 aliphatic heterocycles. The minimum Gasteiger partial charge on any atom is -0.473 e. The molecular weight excluding hydrogens is 364 g/mol. The first-order valence-electron chi connectivity index (χ1n) is 9.09. The van der Waals surface area contributed by atoms with Crippen LogP contribution < -0.4 is 5.32 Å². The van der Waals surface area contributed by atoms with E-state index in [9.17, 15) is 0 Å². The molecule has 24 heavy (non-hydrogen) atoms. The number of ether oxygens (including phenoxy) is 1. The van der Waals surface area contributed by atoms with Gasteiger partial charge in [-0.2, -0.15) is 0 Å². The lowest BCUT2D eigenvalue weighted by Crippen LogP contribution is -2.41. The van der Waals surface area contributed by atoms with Gasteiger partial charge in [0.15, 0.2) is 5.88 Å². The van der Waals surface area contributed by atoms with E-state index in [0.717, 1.165) is 30.4 Å². The average molecular weight is 393 g/mol. The number of nitrogens with one attached hydrogen (secondary N) is 1. The van der Waals surface area contributed by atoms with Crippen LogP contribution in [0.2, 0.25) is 0 Å². The van der Waals surface area contributed by atoms with E-state index in [2.05, 4.69) is 71.2 Å². The number of allylic oxidation sites excluding steroid dienone is 1. The second kappa shape index (κ2) is 7.38. The minimum absolute atomic E-state index is 0.121. The Balaban J connectivity index is 1.58. The molecule has 0 spiro atoms. The summed E-state index contributed by atoms with van der Waals surface area (Å²) in [5.41, 5.74) is 2.61. The number of hydrogen-bond donors (Lipinski definition) is 1. The van der Waals surface area contributed by atoms with Gasteiger partial charge in [0.1, 0.15) is 5.60 Å². The fraction of sp³-hybridized carbons (Fsp3) is 0.600. The highest BCUT2D eigenvalue weighted by Crippen LogP contribution is 2.34. The lowest BCUT2D eigenvalue weighted by molar-refractivity contribution is -0.00852. The Hall–Kier alpha value is -1.16. The van der Waals surface area contributed by atoms with Crippen molar-refractivity contribution in [2.75, 3.05) is 18.4 Å². The molecule has 0 bridgehead atoms. The van der Waals surface area contributed by atoms with E-state index in [4.69, 9.17) is 4.74 Å². The maximum atomic E-state index is 6.33. The van der Waals surface area contributed by atoms with E-state index in [1.165, 1.54) is 36.4 Å². The number of hydrogen-bond acceptors (Lipinski definition) is 3. The van der Waals surface area contributed by atoms with Gasteiger partial charge in [0.05, 0.1) is 0 Å². The van der Waals surface area contributed by atoms with Gasteiger partial charge < -0.3 is 15.0 Å². The third-order valence-corrected chi connectivity index (χ3v) is 5.19. The molecule has 2 aliphatic rings. The Labute approximate surface area is 154 Å². The van der Waals surface area contributed by atoms with Gasteiger partial charge in [0.2, 0.25) is 0 Å². The standard InChI is InChI=1S/C20H29BrN2O/c1-20(2,3)24-19(15-5-4-6-15)23-13-11-18(12-14-23)22-17-9-7-16(21)8-10-17/h7-10,18,22H,4-6,11-14H2,1-3H3. The fourth-order valence-electron chi connectivity index (χ4n) is 3.23. The first-order valence-corrected chi connectivity index (χ1v) is 9.88. The summed E-state index contributed by atoms with van der Waals surface area (Å²) in [7, 11) is 0. The van der Waals surface area contributed by atoms with Crippen LogP contribution in [0.1, 0.15) is 52.9 Å². The van der Waals surface area contributed by atoms with Crippen molar-refractivity contribution < 1.29 is 4.74 Å². The minimum atomic E-state index is -0.121. The molecule has 1 saturated carbocycles. The zero-order valence-corrected chi connectivity index (χ0v) is 16.7. The highest BCUT2D eigenvalue weighted by molar-refractivity contribution is 9.10. The van der Waals surface area contributed by atoms with Crippen LogP contribution in [0.5, 0.6) is 0 Å². The summed E-state index contributed by atoms with van der Waals surface area (Å²) in [4.78, 5) is 2.47. The van der Waals surface area contributed by atoms with Crippen LogP contribution in [-0.4, -0.2) is 29.6 Å². The average Bonchev–Trinajstić information content (AvgIpc) is 2.47. The Bertz CT molecular complexity index is 575. The molecule has 1 heterocycles. The molecule has 1 aromatic carbocycles. The molecule has 132 valence electrons. The van der Waals surface area contributed by atoms with Crippen LogP contribution in [0.4, 0.5) is 5.69 Å². The van der Waals surface area contributed by atoms with Gasteiger partial charge in [0, 0.05) is 29.3 Å². The van der Waals surface area contributed by atoms with Crippen LogP contribution in [0.3, 0.4) is 0 Å². The molecule has 1 aromatic rings. The summed E-state index contributed by atoms with van der Waals surface area (Å²) in [6.07, 6.45) is 6.04. The molecule has 1 N–H and O–H groups in total. The normalized spacial score (nSPS) is 19.0. The molecule has 0 atom stereocenters. The molecule has 3 rings (SSSR count). The van der Waals surface area contributed by atoms with Crippen molar-refractivity contribution in [1.29, 1.82) is 0 Å². The quantitative estimate of drug-likeness (QED) is 0.680. The number of anilines is 1. The van der Waals surface area contributed by atoms with Gasteiger partial charge >= 0.3 is 0 Å². The molecule has 3 nitrogen and oxygen atoms in total. The predicted octanol–water partition coefficient (Wildman–Crippen LogP) is 5.54. The van der Waals surface area contributed by atoms with Crippen LogP contribution >= 0.6 is 15.9 Å². The summed E-state index contributed by atoms with van der Waals surface area (Å²) >= 11 is 3.49. The molecule has 0 radical (unpaired) electrons. The van der Waals surface area contributed by atoms with Gasteiger partial charge in [0.25, 0.3) is 0 Å². The van der Waals surface area contributed by atoms with E-state index in [1.54, 1.807) is 0 Å². The van der Waals surface area contributed by atoms with Crippen LogP contribution in [0.25, 0.3) is 0 Å². The van der Waals surface area contributed by atoms with E-state index < -0.39 is 0 Å². The van der Waals surface area contributed by atoms with E-state index in [0.29, 0.717) is 6.04 Å². The molecule has 0 amide bonds. The van der Waals surface area contributed by atoms with Crippen molar-refractivity contribution in [1.82, 2.24) is 4.90 Å². The Morgan fingerprint density at radius 3 is 2.25 bits per heavy atom. The third-order valence-electron chi connectivity index (χ3n) is 4.66.